The van der Waals surface area contributed by atoms with Gasteiger partial charge in [0.25, 0.3) is 0 Å². The zero-order chi connectivity index (χ0) is 11.7. The second-order valence-electron chi connectivity index (χ2n) is 4.61. The Hall–Kier alpha value is -1.35. The number of rotatable bonds is 2. The van der Waals surface area contributed by atoms with Crippen molar-refractivity contribution in [2.45, 2.75) is 31.6 Å². The molecule has 3 rings (SSSR count). The molecule has 17 heavy (non-hydrogen) atoms. The zero-order valence-corrected chi connectivity index (χ0v) is 10.4. The molecule has 1 aromatic carbocycles. The number of benzene rings is 1. The van der Waals surface area contributed by atoms with E-state index < -0.39 is 0 Å². The molecule has 1 saturated carbocycles. The van der Waals surface area contributed by atoms with E-state index in [1.54, 1.807) is 23.5 Å². The van der Waals surface area contributed by atoms with Crippen LogP contribution in [0.25, 0.3) is 10.6 Å². The van der Waals surface area contributed by atoms with Crippen LogP contribution in [0.1, 0.15) is 37.3 Å². The number of phenolic OH excluding ortho intramolecular Hbond substituents is 1. The van der Waals surface area contributed by atoms with Crippen LogP contribution in [0.5, 0.6) is 5.75 Å². The molecule has 1 aliphatic rings. The van der Waals surface area contributed by atoms with Crippen molar-refractivity contribution in [3.8, 4) is 16.3 Å². The van der Waals surface area contributed by atoms with Gasteiger partial charge in [-0.25, -0.2) is 4.98 Å². The number of hydrogen-bond acceptors (Lipinski definition) is 3. The van der Waals surface area contributed by atoms with E-state index in [2.05, 4.69) is 5.38 Å². The van der Waals surface area contributed by atoms with Crippen molar-refractivity contribution in [2.75, 3.05) is 0 Å². The van der Waals surface area contributed by atoms with Crippen molar-refractivity contribution in [1.82, 2.24) is 4.98 Å². The summed E-state index contributed by atoms with van der Waals surface area (Å²) in [4.78, 5) is 4.71. The number of thiazole rings is 1. The zero-order valence-electron chi connectivity index (χ0n) is 9.60. The van der Waals surface area contributed by atoms with Gasteiger partial charge in [-0.3, -0.25) is 0 Å². The van der Waals surface area contributed by atoms with Gasteiger partial charge in [0.2, 0.25) is 0 Å². The molecule has 2 aromatic rings. The highest BCUT2D eigenvalue weighted by Gasteiger charge is 2.19. The molecule has 0 spiro atoms. The normalized spacial score (nSPS) is 16.5. The van der Waals surface area contributed by atoms with Gasteiger partial charge in [0.05, 0.1) is 5.69 Å². The maximum atomic E-state index is 9.47. The minimum atomic E-state index is 0.306. The lowest BCUT2D eigenvalue weighted by Crippen LogP contribution is -1.91. The van der Waals surface area contributed by atoms with E-state index in [0.717, 1.165) is 10.6 Å². The quantitative estimate of drug-likeness (QED) is 0.861. The fraction of sp³-hybridized carbons (Fsp3) is 0.357. The van der Waals surface area contributed by atoms with E-state index in [1.807, 2.05) is 12.1 Å². The average Bonchev–Trinajstić information content (AvgIpc) is 3.00. The summed E-state index contributed by atoms with van der Waals surface area (Å²) < 4.78 is 0. The third-order valence-corrected chi connectivity index (χ3v) is 4.30. The monoisotopic (exact) mass is 245 g/mol. The highest BCUT2D eigenvalue weighted by atomic mass is 32.1. The van der Waals surface area contributed by atoms with Crippen LogP contribution in [0.3, 0.4) is 0 Å². The fourth-order valence-corrected chi connectivity index (χ4v) is 3.37. The molecule has 0 amide bonds. The highest BCUT2D eigenvalue weighted by molar-refractivity contribution is 7.13. The van der Waals surface area contributed by atoms with Gasteiger partial charge >= 0.3 is 0 Å². The van der Waals surface area contributed by atoms with Crippen LogP contribution >= 0.6 is 11.3 Å². The largest absolute Gasteiger partial charge is 0.508 e. The molecule has 0 bridgehead atoms. The van der Waals surface area contributed by atoms with Gasteiger partial charge in [-0.2, -0.15) is 0 Å². The third-order valence-electron chi connectivity index (χ3n) is 3.39. The first-order chi connectivity index (χ1) is 8.33. The summed E-state index contributed by atoms with van der Waals surface area (Å²) in [5, 5.41) is 12.7. The lowest BCUT2D eigenvalue weighted by molar-refractivity contribution is 0.475. The lowest BCUT2D eigenvalue weighted by Gasteiger charge is -2.03. The van der Waals surface area contributed by atoms with Gasteiger partial charge in [-0.15, -0.1) is 11.3 Å². The summed E-state index contributed by atoms with van der Waals surface area (Å²) in [5.74, 6) is 0.970. The minimum Gasteiger partial charge on any atom is -0.508 e. The van der Waals surface area contributed by atoms with Crippen LogP contribution < -0.4 is 0 Å². The molecule has 88 valence electrons. The number of nitrogens with zero attached hydrogens (tertiary/aromatic N) is 1. The molecule has 0 atom stereocenters. The third kappa shape index (κ3) is 2.20. The predicted octanol–water partition coefficient (Wildman–Crippen LogP) is 4.17. The van der Waals surface area contributed by atoms with Gasteiger partial charge < -0.3 is 5.11 Å². The van der Waals surface area contributed by atoms with E-state index in [0.29, 0.717) is 11.7 Å². The Balaban J connectivity index is 1.89. The highest BCUT2D eigenvalue weighted by Crippen LogP contribution is 2.36. The first-order valence-corrected chi connectivity index (χ1v) is 6.96. The molecule has 3 heteroatoms. The van der Waals surface area contributed by atoms with Crippen molar-refractivity contribution < 1.29 is 5.11 Å². The second-order valence-corrected chi connectivity index (χ2v) is 5.47. The van der Waals surface area contributed by atoms with E-state index in [1.165, 1.54) is 31.4 Å². The summed E-state index contributed by atoms with van der Waals surface area (Å²) in [7, 11) is 0. The minimum absolute atomic E-state index is 0.306. The van der Waals surface area contributed by atoms with Gasteiger partial charge in [0, 0.05) is 16.9 Å². The molecule has 0 aliphatic heterocycles. The molecule has 1 aromatic heterocycles. The molecule has 1 aliphatic carbocycles. The molecule has 1 N–H and O–H groups in total. The van der Waals surface area contributed by atoms with Crippen LogP contribution in [-0.4, -0.2) is 10.1 Å². The molecule has 0 radical (unpaired) electrons. The number of phenols is 1. The topological polar surface area (TPSA) is 33.1 Å². The summed E-state index contributed by atoms with van der Waals surface area (Å²) >= 11 is 1.68. The van der Waals surface area contributed by atoms with E-state index in [9.17, 15) is 5.11 Å². The average molecular weight is 245 g/mol. The van der Waals surface area contributed by atoms with Crippen LogP contribution in [0.4, 0.5) is 0 Å². The van der Waals surface area contributed by atoms with Gasteiger partial charge in [0.1, 0.15) is 10.8 Å². The Morgan fingerprint density at radius 1 is 1.24 bits per heavy atom. The van der Waals surface area contributed by atoms with Crippen molar-refractivity contribution >= 4 is 11.3 Å². The van der Waals surface area contributed by atoms with Gasteiger partial charge in [0.15, 0.2) is 0 Å². The molecule has 2 nitrogen and oxygen atoms in total. The molecule has 0 unspecified atom stereocenters. The van der Waals surface area contributed by atoms with Gasteiger partial charge in [-0.1, -0.05) is 25.0 Å². The molecular formula is C14H15NOS. The standard InChI is InChI=1S/C14H15NOS/c16-12-7-3-6-11(8-12)14-15-13(9-17-14)10-4-1-2-5-10/h3,6-10,16H,1-2,4-5H2. The van der Waals surface area contributed by atoms with Crippen LogP contribution in [0.2, 0.25) is 0 Å². The van der Waals surface area contributed by atoms with Crippen molar-refractivity contribution in [1.29, 1.82) is 0 Å². The molecule has 0 saturated heterocycles. The second kappa shape index (κ2) is 4.49. The summed E-state index contributed by atoms with van der Waals surface area (Å²) in [6, 6.07) is 7.32. The molecule has 1 heterocycles. The first kappa shape index (κ1) is 10.8. The number of aromatic nitrogens is 1. The van der Waals surface area contributed by atoms with Crippen molar-refractivity contribution in [3.05, 3.63) is 35.3 Å². The Morgan fingerprint density at radius 3 is 2.82 bits per heavy atom. The summed E-state index contributed by atoms with van der Waals surface area (Å²) in [6.45, 7) is 0. The van der Waals surface area contributed by atoms with Crippen LogP contribution in [0, 0.1) is 0 Å². The first-order valence-electron chi connectivity index (χ1n) is 6.08. The summed E-state index contributed by atoms with van der Waals surface area (Å²) in [6.07, 6.45) is 5.24. The number of hydrogen-bond donors (Lipinski definition) is 1. The number of aromatic hydroxyl groups is 1. The lowest BCUT2D eigenvalue weighted by atomic mass is 10.1. The molecule has 1 fully saturated rings. The maximum absolute atomic E-state index is 9.47. The predicted molar refractivity (Wildman–Crippen MR) is 70.4 cm³/mol. The van der Waals surface area contributed by atoms with E-state index in [4.69, 9.17) is 4.98 Å². The smallest absolute Gasteiger partial charge is 0.123 e. The molecular weight excluding hydrogens is 230 g/mol. The Labute approximate surface area is 105 Å². The Kier molecular flexibility index (Phi) is 2.85. The van der Waals surface area contributed by atoms with Crippen LogP contribution in [-0.2, 0) is 0 Å². The van der Waals surface area contributed by atoms with E-state index >= 15 is 0 Å². The van der Waals surface area contributed by atoms with Crippen molar-refractivity contribution in [3.63, 3.8) is 0 Å². The Morgan fingerprint density at radius 2 is 2.06 bits per heavy atom. The Bertz CT molecular complexity index is 514. The summed E-state index contributed by atoms with van der Waals surface area (Å²) in [5.41, 5.74) is 2.25. The van der Waals surface area contributed by atoms with Crippen LogP contribution in [0.15, 0.2) is 29.6 Å². The maximum Gasteiger partial charge on any atom is 0.123 e. The fourth-order valence-electron chi connectivity index (χ4n) is 2.47. The van der Waals surface area contributed by atoms with Crippen molar-refractivity contribution in [2.24, 2.45) is 0 Å². The van der Waals surface area contributed by atoms with Gasteiger partial charge in [-0.05, 0) is 25.0 Å². The van der Waals surface area contributed by atoms with E-state index in [-0.39, 0.29) is 0 Å². The SMILES string of the molecule is Oc1cccc(-c2nc(C3CCCC3)cs2)c1.